The van der Waals surface area contributed by atoms with Gasteiger partial charge in [-0.2, -0.15) is 0 Å². The number of halogens is 2. The van der Waals surface area contributed by atoms with E-state index in [-0.39, 0.29) is 46.5 Å². The van der Waals surface area contributed by atoms with Crippen molar-refractivity contribution >= 4 is 28.7 Å². The van der Waals surface area contributed by atoms with Gasteiger partial charge in [-0.15, -0.1) is 0 Å². The largest absolute Gasteiger partial charge is 0.359 e. The van der Waals surface area contributed by atoms with Gasteiger partial charge in [-0.25, -0.2) is 28.7 Å². The number of aromatic nitrogens is 5. The Bertz CT molecular complexity index is 1540. The van der Waals surface area contributed by atoms with Gasteiger partial charge in [0.25, 0.3) is 0 Å². The number of likely N-dealkylation sites (N-methyl/N-ethyl adjacent to an activating group) is 1. The Hall–Kier alpha value is -3.99. The van der Waals surface area contributed by atoms with Crippen molar-refractivity contribution in [1.29, 1.82) is 0 Å². The van der Waals surface area contributed by atoms with Crippen molar-refractivity contribution < 1.29 is 13.6 Å². The number of carbonyl (C=O) groups is 1. The first-order valence-electron chi connectivity index (χ1n) is 14.1. The molecule has 5 rings (SSSR count). The normalized spacial score (nSPS) is 15.4. The van der Waals surface area contributed by atoms with Crippen LogP contribution in [0.2, 0.25) is 0 Å². The summed E-state index contributed by atoms with van der Waals surface area (Å²) in [5.41, 5.74) is 1.90. The van der Waals surface area contributed by atoms with E-state index < -0.39 is 11.6 Å². The number of hydrogen-bond acceptors (Lipinski definition) is 7. The predicted molar refractivity (Wildman–Crippen MR) is 155 cm³/mol. The number of aryl methyl sites for hydroxylation is 1. The van der Waals surface area contributed by atoms with Crippen LogP contribution in [-0.2, 0) is 4.79 Å². The molecule has 4 heterocycles. The molecule has 2 N–H and O–H groups in total. The lowest BCUT2D eigenvalue weighted by atomic mass is 9.80. The van der Waals surface area contributed by atoms with E-state index in [1.165, 1.54) is 6.07 Å². The highest BCUT2D eigenvalue weighted by Gasteiger charge is 2.32. The summed E-state index contributed by atoms with van der Waals surface area (Å²) in [4.78, 5) is 32.5. The molecule has 1 atom stereocenters. The smallest absolute Gasteiger partial charge is 0.229 e. The summed E-state index contributed by atoms with van der Waals surface area (Å²) in [6.07, 6.45) is 4.64. The number of likely N-dealkylation sites (tertiary alicyclic amines) is 1. The molecule has 11 heteroatoms. The first kappa shape index (κ1) is 28.5. The molecule has 1 unspecified atom stereocenters. The topological polar surface area (TPSA) is 101 Å². The Morgan fingerprint density at radius 1 is 1.07 bits per heavy atom. The lowest BCUT2D eigenvalue weighted by Crippen LogP contribution is -2.39. The standard InChI is InChI=1S/C30H36F2N8O/c1-6-39-11-9-19(10-12-39)26(29(41)33-5)20-7-8-25(34-15-20)37-30-35-16-23(32)27(38-30)21-13-22(31)28-24(14-21)40(17(2)3)18(4)36-28/h7-8,13-17,19,26H,6,9-12H2,1-5H3,(H,33,41)(H,34,35,37,38). The van der Waals surface area contributed by atoms with E-state index in [4.69, 9.17) is 0 Å². The number of amides is 1. The third-order valence-corrected chi connectivity index (χ3v) is 7.92. The van der Waals surface area contributed by atoms with Gasteiger partial charge in [0.05, 0.1) is 17.6 Å². The summed E-state index contributed by atoms with van der Waals surface area (Å²) < 4.78 is 31.8. The number of hydrogen-bond donors (Lipinski definition) is 2. The highest BCUT2D eigenvalue weighted by Crippen LogP contribution is 2.34. The van der Waals surface area contributed by atoms with E-state index in [0.29, 0.717) is 17.2 Å². The molecule has 0 spiro atoms. The number of imidazole rings is 1. The first-order valence-corrected chi connectivity index (χ1v) is 14.1. The van der Waals surface area contributed by atoms with Gasteiger partial charge in [0.2, 0.25) is 11.9 Å². The van der Waals surface area contributed by atoms with Crippen molar-refractivity contribution in [2.24, 2.45) is 5.92 Å². The molecule has 1 aromatic carbocycles. The number of fused-ring (bicyclic) bond motifs is 1. The molecule has 9 nitrogen and oxygen atoms in total. The van der Waals surface area contributed by atoms with Crippen LogP contribution >= 0.6 is 0 Å². The molecule has 4 aromatic rings. The first-order chi connectivity index (χ1) is 19.7. The van der Waals surface area contributed by atoms with E-state index in [9.17, 15) is 9.18 Å². The molecule has 216 valence electrons. The highest BCUT2D eigenvalue weighted by atomic mass is 19.1. The number of carbonyl (C=O) groups excluding carboxylic acids is 1. The Balaban J connectivity index is 1.40. The van der Waals surface area contributed by atoms with E-state index in [2.05, 4.69) is 42.4 Å². The molecule has 1 fully saturated rings. The number of nitrogens with one attached hydrogen (secondary N) is 2. The van der Waals surface area contributed by atoms with Gasteiger partial charge >= 0.3 is 0 Å². The Morgan fingerprint density at radius 2 is 1.83 bits per heavy atom. The molecule has 0 radical (unpaired) electrons. The van der Waals surface area contributed by atoms with Crippen LogP contribution in [0.15, 0.2) is 36.7 Å². The van der Waals surface area contributed by atoms with Crippen molar-refractivity contribution in [3.8, 4) is 11.3 Å². The predicted octanol–water partition coefficient (Wildman–Crippen LogP) is 5.36. The Kier molecular flexibility index (Phi) is 8.25. The van der Waals surface area contributed by atoms with Crippen LogP contribution in [0.4, 0.5) is 20.5 Å². The van der Waals surface area contributed by atoms with Crippen LogP contribution in [0.3, 0.4) is 0 Å². The van der Waals surface area contributed by atoms with Gasteiger partial charge in [0, 0.05) is 24.8 Å². The van der Waals surface area contributed by atoms with Crippen LogP contribution in [0.25, 0.3) is 22.3 Å². The molecular weight excluding hydrogens is 526 g/mol. The number of anilines is 2. The molecular formula is C30H36F2N8O. The second-order valence-corrected chi connectivity index (χ2v) is 10.8. The number of piperidine rings is 1. The molecule has 0 bridgehead atoms. The van der Waals surface area contributed by atoms with Crippen molar-refractivity contribution in [3.05, 3.63) is 59.7 Å². The maximum absolute atomic E-state index is 15.0. The number of benzene rings is 1. The van der Waals surface area contributed by atoms with Crippen LogP contribution in [0.5, 0.6) is 0 Å². The molecule has 1 saturated heterocycles. The van der Waals surface area contributed by atoms with Gasteiger partial charge < -0.3 is 20.1 Å². The average molecular weight is 563 g/mol. The van der Waals surface area contributed by atoms with Crippen LogP contribution in [0.1, 0.15) is 57.0 Å². The minimum Gasteiger partial charge on any atom is -0.359 e. The van der Waals surface area contributed by atoms with Gasteiger partial charge in [-0.1, -0.05) is 13.0 Å². The fourth-order valence-corrected chi connectivity index (χ4v) is 5.86. The van der Waals surface area contributed by atoms with Crippen LogP contribution in [-0.4, -0.2) is 62.0 Å². The maximum atomic E-state index is 15.0. The second-order valence-electron chi connectivity index (χ2n) is 10.8. The lowest BCUT2D eigenvalue weighted by molar-refractivity contribution is -0.123. The van der Waals surface area contributed by atoms with Crippen molar-refractivity contribution in [2.75, 3.05) is 32.0 Å². The number of rotatable bonds is 8. The summed E-state index contributed by atoms with van der Waals surface area (Å²) in [7, 11) is 1.66. The monoisotopic (exact) mass is 562 g/mol. The minimum absolute atomic E-state index is 0.0211. The van der Waals surface area contributed by atoms with Gasteiger partial charge in [-0.3, -0.25) is 4.79 Å². The van der Waals surface area contributed by atoms with Gasteiger partial charge in [0.1, 0.15) is 22.9 Å². The Labute approximate surface area is 238 Å². The minimum atomic E-state index is -0.674. The van der Waals surface area contributed by atoms with E-state index in [1.807, 2.05) is 31.4 Å². The van der Waals surface area contributed by atoms with E-state index in [1.54, 1.807) is 25.4 Å². The Morgan fingerprint density at radius 3 is 2.46 bits per heavy atom. The third kappa shape index (κ3) is 5.76. The van der Waals surface area contributed by atoms with Crippen molar-refractivity contribution in [1.82, 2.24) is 34.7 Å². The molecule has 41 heavy (non-hydrogen) atoms. The van der Waals surface area contributed by atoms with Gasteiger partial charge in [-0.05, 0) is 82.9 Å². The van der Waals surface area contributed by atoms with E-state index >= 15 is 4.39 Å². The lowest BCUT2D eigenvalue weighted by Gasteiger charge is -2.35. The second kappa shape index (κ2) is 11.9. The zero-order chi connectivity index (χ0) is 29.3. The molecule has 0 aliphatic carbocycles. The SMILES string of the molecule is CCN1CCC(C(C(=O)NC)c2ccc(Nc3ncc(F)c(-c4cc(F)c5nc(C)n(C(C)C)c5c4)n3)nc2)CC1. The fourth-order valence-electron chi connectivity index (χ4n) is 5.86. The molecule has 3 aromatic heterocycles. The van der Waals surface area contributed by atoms with Crippen molar-refractivity contribution in [2.45, 2.75) is 52.5 Å². The maximum Gasteiger partial charge on any atom is 0.229 e. The van der Waals surface area contributed by atoms with Crippen LogP contribution in [0, 0.1) is 24.5 Å². The molecule has 0 saturated carbocycles. The highest BCUT2D eigenvalue weighted by molar-refractivity contribution is 5.84. The van der Waals surface area contributed by atoms with E-state index in [0.717, 1.165) is 44.2 Å². The van der Waals surface area contributed by atoms with Crippen molar-refractivity contribution in [3.63, 3.8) is 0 Å². The summed E-state index contributed by atoms with van der Waals surface area (Å²) in [5, 5.41) is 5.82. The summed E-state index contributed by atoms with van der Waals surface area (Å²) in [5.74, 6) is -0.0631. The molecule has 1 aliphatic rings. The molecule has 1 amide bonds. The third-order valence-electron chi connectivity index (χ3n) is 7.92. The zero-order valence-electron chi connectivity index (χ0n) is 24.1. The summed E-state index contributed by atoms with van der Waals surface area (Å²) in [6, 6.07) is 6.62. The summed E-state index contributed by atoms with van der Waals surface area (Å²) in [6.45, 7) is 10.9. The van der Waals surface area contributed by atoms with Crippen LogP contribution < -0.4 is 10.6 Å². The zero-order valence-corrected chi connectivity index (χ0v) is 24.1. The number of nitrogens with zero attached hydrogens (tertiary/aromatic N) is 6. The number of pyridine rings is 1. The van der Waals surface area contributed by atoms with Gasteiger partial charge in [0.15, 0.2) is 11.6 Å². The quantitative estimate of drug-likeness (QED) is 0.298. The average Bonchev–Trinajstić information content (AvgIpc) is 3.32. The summed E-state index contributed by atoms with van der Waals surface area (Å²) >= 11 is 0. The molecule has 1 aliphatic heterocycles. The fraction of sp³-hybridized carbons (Fsp3) is 0.433.